The zero-order valence-corrected chi connectivity index (χ0v) is 13.9. The molecule has 0 aliphatic carbocycles. The Kier molecular flexibility index (Phi) is 4.29. The van der Waals surface area contributed by atoms with Crippen molar-refractivity contribution in [3.05, 3.63) is 36.0 Å². The number of aromatic nitrogens is 1. The summed E-state index contributed by atoms with van der Waals surface area (Å²) in [6, 6.07) is 8.12. The highest BCUT2D eigenvalue weighted by molar-refractivity contribution is 6.02. The van der Waals surface area contributed by atoms with E-state index in [4.69, 9.17) is 0 Å². The largest absolute Gasteiger partial charge is 0.478 e. The van der Waals surface area contributed by atoms with Crippen LogP contribution in [0.4, 0.5) is 0 Å². The number of hydrogen-bond acceptors (Lipinski definition) is 3. The number of aryl methyl sites for hydroxylation is 1. The van der Waals surface area contributed by atoms with Crippen LogP contribution in [0, 0.1) is 5.92 Å². The fourth-order valence-corrected chi connectivity index (χ4v) is 4.35. The fourth-order valence-electron chi connectivity index (χ4n) is 4.35. The highest BCUT2D eigenvalue weighted by Crippen LogP contribution is 2.27. The van der Waals surface area contributed by atoms with Crippen LogP contribution in [0.2, 0.25) is 0 Å². The van der Waals surface area contributed by atoms with Crippen LogP contribution in [0.3, 0.4) is 0 Å². The molecule has 2 aromatic rings. The highest BCUT2D eigenvalue weighted by Gasteiger charge is 2.33. The Hall–Kier alpha value is -1.85. The topological polar surface area (TPSA) is 57.5 Å². The van der Waals surface area contributed by atoms with Crippen LogP contribution in [0.5, 0.6) is 0 Å². The Morgan fingerprint density at radius 1 is 1.25 bits per heavy atom. The van der Waals surface area contributed by atoms with E-state index in [2.05, 4.69) is 14.8 Å². The van der Waals surface area contributed by atoms with Gasteiger partial charge in [-0.2, -0.15) is 0 Å². The molecule has 24 heavy (non-hydrogen) atoms. The van der Waals surface area contributed by atoms with Gasteiger partial charge in [0.2, 0.25) is 0 Å². The molecule has 0 radical (unpaired) electrons. The molecule has 128 valence electrons. The number of para-hydroxylation sites is 1. The standard InChI is InChI=1S/C19H25N3O2/c23-19(24)16-4-1-3-15-7-12-22(18(15)16)9-2-8-20-17-13-21-10-5-14(17)6-11-21/h1,3-4,7,12,14,17,20H,2,5-6,8-11,13H2,(H,23,24)/t17-/m1/s1. The van der Waals surface area contributed by atoms with Crippen LogP contribution in [-0.2, 0) is 6.54 Å². The normalized spacial score (nSPS) is 26.1. The predicted molar refractivity (Wildman–Crippen MR) is 94.5 cm³/mol. The molecule has 0 unspecified atom stereocenters. The first-order valence-electron chi connectivity index (χ1n) is 8.99. The third kappa shape index (κ3) is 2.94. The molecular formula is C19H25N3O2. The molecule has 4 heterocycles. The van der Waals surface area contributed by atoms with Crippen molar-refractivity contribution in [3.8, 4) is 0 Å². The average Bonchev–Trinajstić information content (AvgIpc) is 3.03. The summed E-state index contributed by atoms with van der Waals surface area (Å²) in [6.07, 6.45) is 5.69. The van der Waals surface area contributed by atoms with Gasteiger partial charge in [0.05, 0.1) is 11.1 Å². The quantitative estimate of drug-likeness (QED) is 0.800. The number of carbonyl (C=O) groups is 1. The molecule has 5 rings (SSSR count). The van der Waals surface area contributed by atoms with Crippen LogP contribution >= 0.6 is 0 Å². The molecular weight excluding hydrogens is 302 g/mol. The summed E-state index contributed by atoms with van der Waals surface area (Å²) in [6.45, 7) is 5.58. The van der Waals surface area contributed by atoms with Crippen LogP contribution in [0.1, 0.15) is 29.6 Å². The Morgan fingerprint density at radius 3 is 2.79 bits per heavy atom. The maximum absolute atomic E-state index is 11.4. The van der Waals surface area contributed by atoms with Gasteiger partial charge in [0, 0.05) is 30.7 Å². The number of nitrogens with one attached hydrogen (secondary N) is 1. The first-order valence-corrected chi connectivity index (χ1v) is 8.99. The Labute approximate surface area is 142 Å². The Bertz CT molecular complexity index is 731. The third-order valence-electron chi connectivity index (χ3n) is 5.66. The molecule has 1 aromatic heterocycles. The molecule has 1 aromatic carbocycles. The van der Waals surface area contributed by atoms with Gasteiger partial charge >= 0.3 is 5.97 Å². The number of nitrogens with zero attached hydrogens (tertiary/aromatic N) is 2. The van der Waals surface area contributed by atoms with Crippen molar-refractivity contribution in [1.29, 1.82) is 0 Å². The van der Waals surface area contributed by atoms with E-state index in [1.165, 1.54) is 32.5 Å². The number of benzene rings is 1. The summed E-state index contributed by atoms with van der Waals surface area (Å²) in [4.78, 5) is 14.0. The van der Waals surface area contributed by atoms with E-state index in [9.17, 15) is 9.90 Å². The molecule has 5 heteroatoms. The lowest BCUT2D eigenvalue weighted by Gasteiger charge is -2.45. The first-order chi connectivity index (χ1) is 11.7. The van der Waals surface area contributed by atoms with Gasteiger partial charge in [0.1, 0.15) is 0 Å². The lowest BCUT2D eigenvalue weighted by atomic mass is 9.84. The lowest BCUT2D eigenvalue weighted by molar-refractivity contribution is 0.0698. The lowest BCUT2D eigenvalue weighted by Crippen LogP contribution is -2.56. The summed E-state index contributed by atoms with van der Waals surface area (Å²) in [5.74, 6) is -0.00743. The molecule has 2 N–H and O–H groups in total. The van der Waals surface area contributed by atoms with Gasteiger partial charge in [-0.05, 0) is 56.9 Å². The molecule has 3 fully saturated rings. The molecule has 3 aliphatic heterocycles. The van der Waals surface area contributed by atoms with E-state index in [0.29, 0.717) is 11.6 Å². The van der Waals surface area contributed by atoms with Crippen molar-refractivity contribution in [3.63, 3.8) is 0 Å². The molecule has 5 nitrogen and oxygen atoms in total. The number of piperidine rings is 3. The fraction of sp³-hybridized carbons (Fsp3) is 0.526. The van der Waals surface area contributed by atoms with E-state index in [1.54, 1.807) is 6.07 Å². The number of hydrogen-bond donors (Lipinski definition) is 2. The number of carboxylic acid groups (broad SMARTS) is 1. The van der Waals surface area contributed by atoms with Gasteiger partial charge in [-0.25, -0.2) is 4.79 Å². The molecule has 0 amide bonds. The van der Waals surface area contributed by atoms with Crippen LogP contribution in [-0.4, -0.2) is 52.8 Å². The minimum atomic E-state index is -0.856. The van der Waals surface area contributed by atoms with E-state index in [1.807, 2.05) is 24.4 Å². The maximum atomic E-state index is 11.4. The molecule has 1 atom stereocenters. The minimum absolute atomic E-state index is 0.392. The van der Waals surface area contributed by atoms with Crippen LogP contribution in [0.15, 0.2) is 30.5 Å². The summed E-state index contributed by atoms with van der Waals surface area (Å²) in [5.41, 5.74) is 1.23. The number of carboxylic acids is 1. The first kappa shape index (κ1) is 15.7. The Morgan fingerprint density at radius 2 is 2.08 bits per heavy atom. The van der Waals surface area contributed by atoms with Crippen molar-refractivity contribution < 1.29 is 9.90 Å². The molecule has 0 saturated carbocycles. The second-order valence-electron chi connectivity index (χ2n) is 7.11. The van der Waals surface area contributed by atoms with Gasteiger partial charge in [0.15, 0.2) is 0 Å². The van der Waals surface area contributed by atoms with E-state index in [0.717, 1.165) is 36.3 Å². The van der Waals surface area contributed by atoms with Crippen molar-refractivity contribution >= 4 is 16.9 Å². The number of rotatable bonds is 6. The summed E-state index contributed by atoms with van der Waals surface area (Å²) in [7, 11) is 0. The third-order valence-corrected chi connectivity index (χ3v) is 5.66. The monoisotopic (exact) mass is 327 g/mol. The predicted octanol–water partition coefficient (Wildman–Crippen LogP) is 2.41. The summed E-state index contributed by atoms with van der Waals surface area (Å²) in [5, 5.41) is 14.1. The SMILES string of the molecule is O=C(O)c1cccc2ccn(CCCN[C@@H]3CN4CCC3CC4)c12. The summed E-state index contributed by atoms with van der Waals surface area (Å²) >= 11 is 0. The zero-order valence-electron chi connectivity index (χ0n) is 13.9. The van der Waals surface area contributed by atoms with Crippen molar-refractivity contribution in [2.45, 2.75) is 31.8 Å². The number of fused-ring (bicyclic) bond motifs is 4. The van der Waals surface area contributed by atoms with E-state index < -0.39 is 5.97 Å². The van der Waals surface area contributed by atoms with Gasteiger partial charge in [0.25, 0.3) is 0 Å². The smallest absolute Gasteiger partial charge is 0.337 e. The van der Waals surface area contributed by atoms with Gasteiger partial charge < -0.3 is 19.9 Å². The number of aromatic carboxylic acids is 1. The van der Waals surface area contributed by atoms with Gasteiger partial charge in [-0.15, -0.1) is 0 Å². The maximum Gasteiger partial charge on any atom is 0.337 e. The second kappa shape index (κ2) is 6.57. The van der Waals surface area contributed by atoms with Gasteiger partial charge in [-0.1, -0.05) is 12.1 Å². The van der Waals surface area contributed by atoms with E-state index >= 15 is 0 Å². The van der Waals surface area contributed by atoms with Gasteiger partial charge in [-0.3, -0.25) is 0 Å². The van der Waals surface area contributed by atoms with Crippen molar-refractivity contribution in [2.75, 3.05) is 26.2 Å². The van der Waals surface area contributed by atoms with Crippen molar-refractivity contribution in [2.24, 2.45) is 5.92 Å². The highest BCUT2D eigenvalue weighted by atomic mass is 16.4. The second-order valence-corrected chi connectivity index (χ2v) is 7.11. The Balaban J connectivity index is 1.36. The summed E-state index contributed by atoms with van der Waals surface area (Å²) < 4.78 is 2.08. The van der Waals surface area contributed by atoms with Crippen LogP contribution in [0.25, 0.3) is 10.9 Å². The van der Waals surface area contributed by atoms with Crippen molar-refractivity contribution in [1.82, 2.24) is 14.8 Å². The molecule has 3 aliphatic rings. The van der Waals surface area contributed by atoms with E-state index in [-0.39, 0.29) is 0 Å². The molecule has 0 spiro atoms. The molecule has 2 bridgehead atoms. The zero-order chi connectivity index (χ0) is 16.5. The minimum Gasteiger partial charge on any atom is -0.478 e. The average molecular weight is 327 g/mol. The molecule has 3 saturated heterocycles. The van der Waals surface area contributed by atoms with Crippen LogP contribution < -0.4 is 5.32 Å².